The molecule has 0 aliphatic rings. The fraction of sp³-hybridized carbons (Fsp3) is 0.143. The van der Waals surface area contributed by atoms with Crippen molar-refractivity contribution in [3.8, 4) is 33.8 Å². The number of nitrogens with two attached hydrogens (primary N) is 2. The first-order chi connectivity index (χ1) is 14.6. The fourth-order valence-corrected chi connectivity index (χ4v) is 4.46. The van der Waals surface area contributed by atoms with E-state index in [1.165, 1.54) is 6.20 Å². The third kappa shape index (κ3) is 3.90. The molecular formula is C21H20N6O3S. The summed E-state index contributed by atoms with van der Waals surface area (Å²) in [5.74, 6) is 0.808. The van der Waals surface area contributed by atoms with Crippen molar-refractivity contribution in [2.24, 2.45) is 5.14 Å². The van der Waals surface area contributed by atoms with Crippen LogP contribution >= 0.6 is 0 Å². The summed E-state index contributed by atoms with van der Waals surface area (Å²) < 4.78 is 30.7. The second-order valence-corrected chi connectivity index (χ2v) is 8.65. The molecular weight excluding hydrogens is 416 g/mol. The lowest BCUT2D eigenvalue weighted by molar-refractivity contribution is 0.425. The molecule has 1 aromatic carbocycles. The number of nitrogen functional groups attached to an aromatic ring is 1. The van der Waals surface area contributed by atoms with E-state index in [2.05, 4.69) is 20.1 Å². The van der Waals surface area contributed by atoms with Crippen LogP contribution in [0.15, 0.2) is 52.0 Å². The third-order valence-electron chi connectivity index (χ3n) is 4.78. The zero-order chi connectivity index (χ0) is 22.3. The minimum Gasteiger partial charge on any atom is -0.383 e. The molecule has 0 saturated carbocycles. The Morgan fingerprint density at radius 2 is 1.77 bits per heavy atom. The van der Waals surface area contributed by atoms with Gasteiger partial charge in [0.25, 0.3) is 5.89 Å². The summed E-state index contributed by atoms with van der Waals surface area (Å²) in [6, 6.07) is 10.6. The number of anilines is 1. The highest BCUT2D eigenvalue weighted by Gasteiger charge is 2.25. The molecule has 0 spiro atoms. The molecule has 4 N–H and O–H groups in total. The van der Waals surface area contributed by atoms with E-state index >= 15 is 0 Å². The Morgan fingerprint density at radius 1 is 1.00 bits per heavy atom. The Balaban J connectivity index is 2.03. The summed E-state index contributed by atoms with van der Waals surface area (Å²) in [4.78, 5) is 12.9. The van der Waals surface area contributed by atoms with Crippen molar-refractivity contribution >= 4 is 15.8 Å². The molecule has 3 aromatic heterocycles. The second kappa shape index (κ2) is 7.56. The number of hydrogen-bond donors (Lipinski definition) is 2. The number of aryl methyl sites for hydroxylation is 3. The lowest BCUT2D eigenvalue weighted by Gasteiger charge is -2.17. The van der Waals surface area contributed by atoms with Gasteiger partial charge in [-0.05, 0) is 44.5 Å². The average Bonchev–Trinajstić information content (AvgIpc) is 3.13. The van der Waals surface area contributed by atoms with Crippen LogP contribution in [0, 0.1) is 20.8 Å². The van der Waals surface area contributed by atoms with Crippen LogP contribution in [0.4, 0.5) is 5.82 Å². The molecule has 0 unspecified atom stereocenters. The molecule has 158 valence electrons. The van der Waals surface area contributed by atoms with Crippen LogP contribution in [0.25, 0.3) is 33.8 Å². The molecule has 10 heteroatoms. The highest BCUT2D eigenvalue weighted by molar-refractivity contribution is 7.89. The molecule has 3 heterocycles. The SMILES string of the molecule is Cc1cccc(-c2ccc(C)c(-c3cnc(N)c(-c4nc(C)no4)c3)c2S(N)(=O)=O)n1. The summed E-state index contributed by atoms with van der Waals surface area (Å²) >= 11 is 0. The van der Waals surface area contributed by atoms with Gasteiger partial charge in [-0.25, -0.2) is 18.5 Å². The molecule has 0 amide bonds. The van der Waals surface area contributed by atoms with Gasteiger partial charge in [-0.3, -0.25) is 4.98 Å². The molecule has 4 rings (SSSR count). The Bertz CT molecular complexity index is 1410. The van der Waals surface area contributed by atoms with Crippen molar-refractivity contribution in [1.29, 1.82) is 0 Å². The van der Waals surface area contributed by atoms with Crippen LogP contribution in [-0.2, 0) is 10.0 Å². The van der Waals surface area contributed by atoms with Crippen LogP contribution in [-0.4, -0.2) is 28.5 Å². The summed E-state index contributed by atoms with van der Waals surface area (Å²) in [7, 11) is -4.13. The van der Waals surface area contributed by atoms with Gasteiger partial charge in [0.1, 0.15) is 5.82 Å². The summed E-state index contributed by atoms with van der Waals surface area (Å²) in [6.45, 7) is 5.31. The molecule has 31 heavy (non-hydrogen) atoms. The molecule has 4 aromatic rings. The lowest BCUT2D eigenvalue weighted by atomic mass is 9.96. The van der Waals surface area contributed by atoms with Gasteiger partial charge >= 0.3 is 0 Å². The largest absolute Gasteiger partial charge is 0.383 e. The monoisotopic (exact) mass is 436 g/mol. The van der Waals surface area contributed by atoms with E-state index in [4.69, 9.17) is 15.4 Å². The van der Waals surface area contributed by atoms with Gasteiger partial charge in [0.15, 0.2) is 5.82 Å². The summed E-state index contributed by atoms with van der Waals surface area (Å²) in [5, 5.41) is 9.46. The van der Waals surface area contributed by atoms with E-state index in [-0.39, 0.29) is 16.6 Å². The molecule has 0 atom stereocenters. The number of rotatable bonds is 4. The average molecular weight is 436 g/mol. The highest BCUT2D eigenvalue weighted by atomic mass is 32.2. The fourth-order valence-electron chi connectivity index (χ4n) is 3.42. The number of aromatic nitrogens is 4. The third-order valence-corrected chi connectivity index (χ3v) is 5.77. The van der Waals surface area contributed by atoms with Crippen LogP contribution in [0.3, 0.4) is 0 Å². The predicted molar refractivity (Wildman–Crippen MR) is 116 cm³/mol. The van der Waals surface area contributed by atoms with E-state index in [1.807, 2.05) is 25.1 Å². The van der Waals surface area contributed by atoms with Crippen molar-refractivity contribution in [1.82, 2.24) is 20.1 Å². The molecule has 9 nitrogen and oxygen atoms in total. The lowest BCUT2D eigenvalue weighted by Crippen LogP contribution is -2.16. The van der Waals surface area contributed by atoms with Crippen LogP contribution in [0.5, 0.6) is 0 Å². The standard InChI is InChI=1S/C21H20N6O3S/c1-11-7-8-15(17-6-4-5-12(2)25-17)19(31(23,28)29)18(11)14-9-16(20(22)24-10-14)21-26-13(3)27-30-21/h4-10H,1-3H3,(H2,22,24)(H2,23,28,29). The Kier molecular flexibility index (Phi) is 5.03. The smallest absolute Gasteiger partial charge is 0.261 e. The number of hydrogen-bond acceptors (Lipinski definition) is 8. The second-order valence-electron chi connectivity index (χ2n) is 7.15. The first-order valence-corrected chi connectivity index (χ1v) is 10.9. The normalized spacial score (nSPS) is 11.6. The maximum atomic E-state index is 12.7. The number of primary sulfonamides is 1. The van der Waals surface area contributed by atoms with Gasteiger partial charge in [0, 0.05) is 28.6 Å². The van der Waals surface area contributed by atoms with Crippen molar-refractivity contribution in [2.75, 3.05) is 5.73 Å². The van der Waals surface area contributed by atoms with Gasteiger partial charge in [-0.2, -0.15) is 4.98 Å². The van der Waals surface area contributed by atoms with Gasteiger partial charge in [0.05, 0.1) is 16.2 Å². The predicted octanol–water partition coefficient (Wildman–Crippen LogP) is 3.02. The van der Waals surface area contributed by atoms with E-state index in [1.54, 1.807) is 32.0 Å². The Morgan fingerprint density at radius 3 is 2.42 bits per heavy atom. The van der Waals surface area contributed by atoms with E-state index in [0.717, 1.165) is 5.69 Å². The van der Waals surface area contributed by atoms with E-state index in [9.17, 15) is 8.42 Å². The van der Waals surface area contributed by atoms with Gasteiger partial charge in [0.2, 0.25) is 10.0 Å². The maximum absolute atomic E-state index is 12.7. The molecule has 0 saturated heterocycles. The Hall–Kier alpha value is -3.63. The van der Waals surface area contributed by atoms with Crippen molar-refractivity contribution < 1.29 is 12.9 Å². The minimum atomic E-state index is -4.13. The number of pyridine rings is 2. The van der Waals surface area contributed by atoms with Crippen molar-refractivity contribution in [2.45, 2.75) is 25.7 Å². The van der Waals surface area contributed by atoms with Crippen LogP contribution in [0.1, 0.15) is 17.1 Å². The van der Waals surface area contributed by atoms with Crippen molar-refractivity contribution in [3.05, 3.63) is 59.7 Å². The Labute approximate surface area is 179 Å². The first-order valence-electron chi connectivity index (χ1n) is 9.32. The number of benzene rings is 1. The highest BCUT2D eigenvalue weighted by Crippen LogP contribution is 2.38. The quantitative estimate of drug-likeness (QED) is 0.495. The van der Waals surface area contributed by atoms with Gasteiger partial charge < -0.3 is 10.3 Å². The first kappa shape index (κ1) is 20.6. The van der Waals surface area contributed by atoms with Gasteiger partial charge in [-0.15, -0.1) is 0 Å². The van der Waals surface area contributed by atoms with Crippen molar-refractivity contribution in [3.63, 3.8) is 0 Å². The summed E-state index contributed by atoms with van der Waals surface area (Å²) in [6.07, 6.45) is 1.49. The molecule has 0 bridgehead atoms. The molecule has 0 fully saturated rings. The topological polar surface area (TPSA) is 151 Å². The molecule has 0 aliphatic carbocycles. The zero-order valence-corrected chi connectivity index (χ0v) is 17.9. The molecule has 0 radical (unpaired) electrons. The van der Waals surface area contributed by atoms with E-state index in [0.29, 0.717) is 39.3 Å². The number of sulfonamides is 1. The van der Waals surface area contributed by atoms with Crippen LogP contribution in [0.2, 0.25) is 0 Å². The van der Waals surface area contributed by atoms with Crippen LogP contribution < -0.4 is 10.9 Å². The molecule has 0 aliphatic heterocycles. The number of nitrogens with zero attached hydrogens (tertiary/aromatic N) is 4. The van der Waals surface area contributed by atoms with Gasteiger partial charge in [-0.1, -0.05) is 23.4 Å². The zero-order valence-electron chi connectivity index (χ0n) is 17.1. The summed E-state index contributed by atoms with van der Waals surface area (Å²) in [5.41, 5.74) is 9.67. The maximum Gasteiger partial charge on any atom is 0.261 e. The minimum absolute atomic E-state index is 0.0372. The van der Waals surface area contributed by atoms with E-state index < -0.39 is 10.0 Å².